The molecule has 1 rings (SSSR count). The van der Waals surface area contributed by atoms with Crippen LogP contribution in [0.15, 0.2) is 24.3 Å². The average molecular weight is 270 g/mol. The van der Waals surface area contributed by atoms with Crippen LogP contribution in [0.1, 0.15) is 18.4 Å². The SMILES string of the molecule is Cc1cccc(NCC(=O)N(CCC#N)CCC#N)c1. The summed E-state index contributed by atoms with van der Waals surface area (Å²) < 4.78 is 0. The van der Waals surface area contributed by atoms with Crippen LogP contribution in [0.2, 0.25) is 0 Å². The second-order valence-electron chi connectivity index (χ2n) is 4.42. The summed E-state index contributed by atoms with van der Waals surface area (Å²) in [5.41, 5.74) is 2.01. The zero-order valence-corrected chi connectivity index (χ0v) is 11.6. The van der Waals surface area contributed by atoms with Gasteiger partial charge >= 0.3 is 0 Å². The van der Waals surface area contributed by atoms with Gasteiger partial charge in [0.2, 0.25) is 5.91 Å². The summed E-state index contributed by atoms with van der Waals surface area (Å²) >= 11 is 0. The molecule has 1 amide bonds. The monoisotopic (exact) mass is 270 g/mol. The second kappa shape index (κ2) is 8.55. The van der Waals surface area contributed by atoms with Crippen LogP contribution >= 0.6 is 0 Å². The van der Waals surface area contributed by atoms with Crippen molar-refractivity contribution in [1.29, 1.82) is 10.5 Å². The van der Waals surface area contributed by atoms with E-state index in [0.717, 1.165) is 11.3 Å². The van der Waals surface area contributed by atoms with Gasteiger partial charge in [-0.1, -0.05) is 12.1 Å². The second-order valence-corrected chi connectivity index (χ2v) is 4.42. The quantitative estimate of drug-likeness (QED) is 0.822. The molecule has 0 aliphatic carbocycles. The molecule has 5 heteroatoms. The van der Waals surface area contributed by atoms with Crippen LogP contribution in [0, 0.1) is 29.6 Å². The first-order chi connectivity index (χ1) is 9.67. The smallest absolute Gasteiger partial charge is 0.241 e. The van der Waals surface area contributed by atoms with Gasteiger partial charge in [0, 0.05) is 18.8 Å². The summed E-state index contributed by atoms with van der Waals surface area (Å²) in [5.74, 6) is -0.1000. The van der Waals surface area contributed by atoms with E-state index in [9.17, 15) is 4.79 Å². The van der Waals surface area contributed by atoms with E-state index in [1.807, 2.05) is 43.3 Å². The van der Waals surface area contributed by atoms with Crippen LogP contribution in [0.25, 0.3) is 0 Å². The van der Waals surface area contributed by atoms with E-state index >= 15 is 0 Å². The zero-order chi connectivity index (χ0) is 14.8. The van der Waals surface area contributed by atoms with Crippen LogP contribution in [0.5, 0.6) is 0 Å². The first-order valence-corrected chi connectivity index (χ1v) is 6.49. The summed E-state index contributed by atoms with van der Waals surface area (Å²) in [7, 11) is 0. The Labute approximate surface area is 119 Å². The van der Waals surface area contributed by atoms with Crippen molar-refractivity contribution in [2.45, 2.75) is 19.8 Å². The first-order valence-electron chi connectivity index (χ1n) is 6.49. The van der Waals surface area contributed by atoms with Gasteiger partial charge in [-0.05, 0) is 24.6 Å². The number of nitrogens with zero attached hydrogens (tertiary/aromatic N) is 3. The van der Waals surface area contributed by atoms with Crippen LogP contribution < -0.4 is 5.32 Å². The normalized spacial score (nSPS) is 9.35. The third kappa shape index (κ3) is 5.41. The van der Waals surface area contributed by atoms with Gasteiger partial charge in [-0.3, -0.25) is 4.79 Å². The summed E-state index contributed by atoms with van der Waals surface area (Å²) in [6.45, 7) is 2.89. The molecule has 0 bridgehead atoms. The molecule has 5 nitrogen and oxygen atoms in total. The maximum absolute atomic E-state index is 12.1. The number of hydrogen-bond donors (Lipinski definition) is 1. The molecule has 0 aliphatic rings. The molecular formula is C15H18N4O. The minimum Gasteiger partial charge on any atom is -0.376 e. The van der Waals surface area contributed by atoms with E-state index in [-0.39, 0.29) is 25.3 Å². The number of nitriles is 2. The number of amides is 1. The predicted molar refractivity (Wildman–Crippen MR) is 76.7 cm³/mol. The summed E-state index contributed by atoms with van der Waals surface area (Å²) in [6.07, 6.45) is 0.559. The fourth-order valence-electron chi connectivity index (χ4n) is 1.78. The maximum Gasteiger partial charge on any atom is 0.241 e. The van der Waals surface area contributed by atoms with Crippen molar-refractivity contribution in [1.82, 2.24) is 4.90 Å². The standard InChI is InChI=1S/C15H18N4O/c1-13-5-2-6-14(11-13)18-12-15(20)19(9-3-7-16)10-4-8-17/h2,5-6,11,18H,3-4,9-10,12H2,1H3. The topological polar surface area (TPSA) is 79.9 Å². The number of benzene rings is 1. The molecule has 0 unspecified atom stereocenters. The van der Waals surface area contributed by atoms with Crippen molar-refractivity contribution in [2.75, 3.05) is 25.0 Å². The number of aryl methyl sites for hydroxylation is 1. The fraction of sp³-hybridized carbons (Fsp3) is 0.400. The molecular weight excluding hydrogens is 252 g/mol. The molecule has 1 N–H and O–H groups in total. The van der Waals surface area contributed by atoms with Gasteiger partial charge in [-0.25, -0.2) is 0 Å². The molecule has 0 heterocycles. The lowest BCUT2D eigenvalue weighted by Gasteiger charge is -2.20. The Morgan fingerprint density at radius 3 is 2.45 bits per heavy atom. The van der Waals surface area contributed by atoms with Crippen molar-refractivity contribution >= 4 is 11.6 Å². The number of carbonyl (C=O) groups excluding carboxylic acids is 1. The highest BCUT2D eigenvalue weighted by Gasteiger charge is 2.12. The number of anilines is 1. The maximum atomic E-state index is 12.1. The van der Waals surface area contributed by atoms with Crippen molar-refractivity contribution < 1.29 is 4.79 Å². The van der Waals surface area contributed by atoms with Crippen LogP contribution in [-0.4, -0.2) is 30.4 Å². The van der Waals surface area contributed by atoms with Crippen molar-refractivity contribution in [2.24, 2.45) is 0 Å². The van der Waals surface area contributed by atoms with E-state index in [1.54, 1.807) is 4.90 Å². The van der Waals surface area contributed by atoms with Gasteiger partial charge in [-0.15, -0.1) is 0 Å². The van der Waals surface area contributed by atoms with Gasteiger partial charge in [0.25, 0.3) is 0 Å². The minimum atomic E-state index is -0.1000. The molecule has 0 aromatic heterocycles. The molecule has 1 aromatic rings. The summed E-state index contributed by atoms with van der Waals surface area (Å²) in [5, 5.41) is 20.2. The molecule has 1 aromatic carbocycles. The Morgan fingerprint density at radius 2 is 1.90 bits per heavy atom. The molecule has 0 aliphatic heterocycles. The van der Waals surface area contributed by atoms with E-state index in [0.29, 0.717) is 13.1 Å². The van der Waals surface area contributed by atoms with Gasteiger partial charge in [0.15, 0.2) is 0 Å². The Balaban J connectivity index is 2.53. The van der Waals surface area contributed by atoms with E-state index in [1.165, 1.54) is 0 Å². The van der Waals surface area contributed by atoms with Gasteiger partial charge in [0.05, 0.1) is 31.5 Å². The van der Waals surface area contributed by atoms with Crippen LogP contribution in [0.4, 0.5) is 5.69 Å². The largest absolute Gasteiger partial charge is 0.376 e. The lowest BCUT2D eigenvalue weighted by Crippen LogP contribution is -2.36. The Hall–Kier alpha value is -2.53. The molecule has 0 fully saturated rings. The van der Waals surface area contributed by atoms with Crippen molar-refractivity contribution in [3.63, 3.8) is 0 Å². The molecule has 0 radical (unpaired) electrons. The number of hydrogen-bond acceptors (Lipinski definition) is 4. The molecule has 0 saturated heterocycles. The predicted octanol–water partition coefficient (Wildman–Crippen LogP) is 2.06. The van der Waals surface area contributed by atoms with Gasteiger partial charge in [0.1, 0.15) is 0 Å². The number of nitrogens with one attached hydrogen (secondary N) is 1. The Kier molecular flexibility index (Phi) is 6.64. The third-order valence-electron chi connectivity index (χ3n) is 2.80. The molecule has 0 spiro atoms. The van der Waals surface area contributed by atoms with Gasteiger partial charge < -0.3 is 10.2 Å². The average Bonchev–Trinajstić information content (AvgIpc) is 2.45. The van der Waals surface area contributed by atoms with Crippen LogP contribution in [-0.2, 0) is 4.79 Å². The number of carbonyl (C=O) groups is 1. The molecule has 20 heavy (non-hydrogen) atoms. The lowest BCUT2D eigenvalue weighted by atomic mass is 10.2. The summed E-state index contributed by atoms with van der Waals surface area (Å²) in [4.78, 5) is 13.6. The third-order valence-corrected chi connectivity index (χ3v) is 2.80. The van der Waals surface area contributed by atoms with E-state index in [2.05, 4.69) is 5.32 Å². The highest BCUT2D eigenvalue weighted by Crippen LogP contribution is 2.09. The lowest BCUT2D eigenvalue weighted by molar-refractivity contribution is -0.129. The van der Waals surface area contributed by atoms with E-state index in [4.69, 9.17) is 10.5 Å². The zero-order valence-electron chi connectivity index (χ0n) is 11.6. The molecule has 0 atom stereocenters. The Bertz CT molecular complexity index is 509. The first kappa shape index (κ1) is 15.5. The molecule has 0 saturated carbocycles. The Morgan fingerprint density at radius 1 is 1.25 bits per heavy atom. The summed E-state index contributed by atoms with van der Waals surface area (Å²) in [6, 6.07) is 11.8. The van der Waals surface area contributed by atoms with Crippen molar-refractivity contribution in [3.8, 4) is 12.1 Å². The van der Waals surface area contributed by atoms with Gasteiger partial charge in [-0.2, -0.15) is 10.5 Å². The van der Waals surface area contributed by atoms with E-state index < -0.39 is 0 Å². The van der Waals surface area contributed by atoms with Crippen molar-refractivity contribution in [3.05, 3.63) is 29.8 Å². The highest BCUT2D eigenvalue weighted by molar-refractivity contribution is 5.80. The highest BCUT2D eigenvalue weighted by atomic mass is 16.2. The minimum absolute atomic E-state index is 0.1000. The number of rotatable bonds is 7. The molecule has 104 valence electrons. The fourth-order valence-corrected chi connectivity index (χ4v) is 1.78. The van der Waals surface area contributed by atoms with Crippen LogP contribution in [0.3, 0.4) is 0 Å².